The fourth-order valence-electron chi connectivity index (χ4n) is 1.47. The number of hydrogen-bond acceptors (Lipinski definition) is 5. The molecule has 0 fully saturated rings. The van der Waals surface area contributed by atoms with Gasteiger partial charge in [0.25, 0.3) is 0 Å². The fourth-order valence-corrected chi connectivity index (χ4v) is 3.14. The molecule has 1 unspecified atom stereocenters. The molecule has 108 valence electrons. The summed E-state index contributed by atoms with van der Waals surface area (Å²) >= 11 is 5.81. The number of aryl methyl sites for hydroxylation is 1. The van der Waals surface area contributed by atoms with Crippen LogP contribution in [0.1, 0.15) is 24.5 Å². The van der Waals surface area contributed by atoms with Gasteiger partial charge in [-0.15, -0.1) is 11.6 Å². The van der Waals surface area contributed by atoms with E-state index in [4.69, 9.17) is 15.8 Å². The van der Waals surface area contributed by atoms with Crippen LogP contribution in [0.4, 0.5) is 0 Å². The van der Waals surface area contributed by atoms with Crippen LogP contribution in [0, 0.1) is 6.92 Å². The maximum Gasteiger partial charge on any atom is 1.00 e. The van der Waals surface area contributed by atoms with Gasteiger partial charge in [-0.2, -0.15) is 8.42 Å². The molecule has 0 bridgehead atoms. The van der Waals surface area contributed by atoms with Gasteiger partial charge in [0.15, 0.2) is 0 Å². The molecule has 0 radical (unpaired) electrons. The molecule has 0 heterocycles. The molecular weight excluding hydrogens is 315 g/mol. The van der Waals surface area contributed by atoms with Crippen LogP contribution >= 0.6 is 11.6 Å². The number of alkyl halides is 1. The number of hydrogen-bond donors (Lipinski definition) is 0. The van der Waals surface area contributed by atoms with E-state index in [-0.39, 0.29) is 47.7 Å². The van der Waals surface area contributed by atoms with Crippen molar-refractivity contribution in [3.63, 3.8) is 0 Å². The van der Waals surface area contributed by atoms with Crippen LogP contribution in [0.25, 0.3) is 0 Å². The standard InChI is InChI=1S/C12H17ClO5S.Na/c1-3-11(13)8-19(15,16)18-12-5-4-10(7-17-14)6-9(12)2;/h4-6,11,14H,3,7-8H2,1-2H3;/q;+1/p-1. The van der Waals surface area contributed by atoms with Crippen LogP contribution in [-0.2, 0) is 21.6 Å². The van der Waals surface area contributed by atoms with E-state index in [1.807, 2.05) is 0 Å². The molecule has 0 aromatic heterocycles. The average Bonchev–Trinajstić information content (AvgIpc) is 2.32. The number of halogens is 1. The molecule has 20 heavy (non-hydrogen) atoms. The maximum atomic E-state index is 11.8. The summed E-state index contributed by atoms with van der Waals surface area (Å²) in [6, 6.07) is 4.71. The summed E-state index contributed by atoms with van der Waals surface area (Å²) in [5.74, 6) is -0.00903. The molecule has 1 atom stereocenters. The van der Waals surface area contributed by atoms with Gasteiger partial charge in [-0.3, -0.25) is 0 Å². The minimum Gasteiger partial charge on any atom is -0.723 e. The Labute approximate surface area is 146 Å². The molecule has 1 aromatic carbocycles. The molecule has 1 rings (SSSR count). The zero-order valence-corrected chi connectivity index (χ0v) is 15.3. The zero-order chi connectivity index (χ0) is 14.5. The smallest absolute Gasteiger partial charge is 0.723 e. The Morgan fingerprint density at radius 1 is 1.40 bits per heavy atom. The van der Waals surface area contributed by atoms with E-state index in [0.717, 1.165) is 0 Å². The third-order valence-electron chi connectivity index (χ3n) is 2.51. The topological polar surface area (TPSA) is 75.7 Å². The second kappa shape index (κ2) is 9.25. The molecule has 0 N–H and O–H groups in total. The van der Waals surface area contributed by atoms with Crippen LogP contribution < -0.4 is 39.0 Å². The van der Waals surface area contributed by atoms with Crippen molar-refractivity contribution in [1.82, 2.24) is 0 Å². The Bertz CT molecular complexity index is 521. The van der Waals surface area contributed by atoms with Gasteiger partial charge in [0.2, 0.25) is 0 Å². The van der Waals surface area contributed by atoms with E-state index in [1.54, 1.807) is 26.0 Å². The van der Waals surface area contributed by atoms with Crippen LogP contribution in [0.15, 0.2) is 18.2 Å². The molecule has 0 amide bonds. The second-order valence-electron chi connectivity index (χ2n) is 4.18. The Kier molecular flexibility index (Phi) is 9.33. The molecule has 5 nitrogen and oxygen atoms in total. The first-order valence-electron chi connectivity index (χ1n) is 5.78. The monoisotopic (exact) mass is 330 g/mol. The van der Waals surface area contributed by atoms with Crippen LogP contribution in [0.2, 0.25) is 0 Å². The van der Waals surface area contributed by atoms with E-state index in [0.29, 0.717) is 17.5 Å². The van der Waals surface area contributed by atoms with Gasteiger partial charge in [-0.1, -0.05) is 19.1 Å². The molecule has 0 spiro atoms. The third kappa shape index (κ3) is 6.76. The Balaban J connectivity index is 0.00000361. The van der Waals surface area contributed by atoms with Gasteiger partial charge >= 0.3 is 39.7 Å². The fraction of sp³-hybridized carbons (Fsp3) is 0.500. The van der Waals surface area contributed by atoms with Gasteiger partial charge in [-0.25, -0.2) is 0 Å². The summed E-state index contributed by atoms with van der Waals surface area (Å²) < 4.78 is 28.5. The van der Waals surface area contributed by atoms with E-state index in [2.05, 4.69) is 4.89 Å². The summed E-state index contributed by atoms with van der Waals surface area (Å²) in [6.45, 7) is 3.42. The van der Waals surface area contributed by atoms with E-state index < -0.39 is 15.5 Å². The molecule has 0 aliphatic rings. The zero-order valence-electron chi connectivity index (χ0n) is 11.8. The molecule has 0 saturated heterocycles. The van der Waals surface area contributed by atoms with E-state index >= 15 is 0 Å². The minimum atomic E-state index is -3.72. The summed E-state index contributed by atoms with van der Waals surface area (Å²) in [5.41, 5.74) is 1.27. The van der Waals surface area contributed by atoms with E-state index in [1.165, 1.54) is 6.07 Å². The van der Waals surface area contributed by atoms with Gasteiger partial charge in [0.05, 0.1) is 12.0 Å². The molecule has 8 heteroatoms. The van der Waals surface area contributed by atoms with Gasteiger partial charge in [0.1, 0.15) is 11.5 Å². The second-order valence-corrected chi connectivity index (χ2v) is 6.41. The maximum absolute atomic E-state index is 11.8. The minimum absolute atomic E-state index is 0. The Morgan fingerprint density at radius 2 is 2.05 bits per heavy atom. The first kappa shape index (κ1) is 20.2. The predicted molar refractivity (Wildman–Crippen MR) is 70.3 cm³/mol. The van der Waals surface area contributed by atoms with Gasteiger partial charge in [0, 0.05) is 0 Å². The molecule has 0 saturated carbocycles. The Morgan fingerprint density at radius 3 is 2.55 bits per heavy atom. The van der Waals surface area contributed by atoms with Crippen molar-refractivity contribution in [2.24, 2.45) is 0 Å². The van der Waals surface area contributed by atoms with Crippen molar-refractivity contribution in [2.75, 3.05) is 5.75 Å². The molecule has 0 aliphatic heterocycles. The number of rotatable bonds is 7. The summed E-state index contributed by atoms with van der Waals surface area (Å²) in [6.07, 6.45) is 0.545. The summed E-state index contributed by atoms with van der Waals surface area (Å²) in [7, 11) is -3.72. The summed E-state index contributed by atoms with van der Waals surface area (Å²) in [5, 5.41) is 9.56. The molecular formula is C12H16ClNaO5S. The summed E-state index contributed by atoms with van der Waals surface area (Å²) in [4.78, 5) is 3.76. The van der Waals surface area contributed by atoms with Crippen LogP contribution in [0.3, 0.4) is 0 Å². The first-order chi connectivity index (χ1) is 8.88. The van der Waals surface area contributed by atoms with Crippen LogP contribution in [0.5, 0.6) is 5.75 Å². The normalized spacial score (nSPS) is 12.6. The molecule has 1 aromatic rings. The van der Waals surface area contributed by atoms with Crippen molar-refractivity contribution in [3.8, 4) is 5.75 Å². The van der Waals surface area contributed by atoms with E-state index in [9.17, 15) is 13.7 Å². The quantitative estimate of drug-likeness (QED) is 0.200. The third-order valence-corrected chi connectivity index (χ3v) is 4.40. The van der Waals surface area contributed by atoms with Gasteiger partial charge in [-0.05, 0) is 30.5 Å². The Hall–Kier alpha value is 0.180. The van der Waals surface area contributed by atoms with Gasteiger partial charge < -0.3 is 14.3 Å². The predicted octanol–water partition coefficient (Wildman–Crippen LogP) is -1.48. The first-order valence-corrected chi connectivity index (χ1v) is 7.80. The average molecular weight is 331 g/mol. The van der Waals surface area contributed by atoms with Crippen molar-refractivity contribution in [3.05, 3.63) is 29.3 Å². The van der Waals surface area contributed by atoms with Crippen molar-refractivity contribution >= 4 is 21.7 Å². The molecule has 0 aliphatic carbocycles. The van der Waals surface area contributed by atoms with Crippen molar-refractivity contribution in [2.45, 2.75) is 32.3 Å². The van der Waals surface area contributed by atoms with Crippen LogP contribution in [-0.4, -0.2) is 19.5 Å². The largest absolute Gasteiger partial charge is 1.00 e. The SMILES string of the molecule is CCC(Cl)CS(=O)(=O)Oc1ccc(CO[O-])cc1C.[Na+]. The van der Waals surface area contributed by atoms with Crippen molar-refractivity contribution in [1.29, 1.82) is 0 Å². The number of benzene rings is 1. The van der Waals surface area contributed by atoms with Crippen molar-refractivity contribution < 1.29 is 52.3 Å².